The van der Waals surface area contributed by atoms with Crippen LogP contribution in [0.3, 0.4) is 0 Å². The summed E-state index contributed by atoms with van der Waals surface area (Å²) in [6.07, 6.45) is 2.35. The van der Waals surface area contributed by atoms with Crippen LogP contribution in [-0.4, -0.2) is 64.6 Å². The van der Waals surface area contributed by atoms with Crippen molar-refractivity contribution in [1.29, 1.82) is 0 Å². The van der Waals surface area contributed by atoms with Crippen LogP contribution in [0.25, 0.3) is 0 Å². The van der Waals surface area contributed by atoms with Crippen LogP contribution in [0.2, 0.25) is 0 Å². The van der Waals surface area contributed by atoms with E-state index in [9.17, 15) is 22.8 Å². The van der Waals surface area contributed by atoms with E-state index in [1.165, 1.54) is 4.90 Å². The van der Waals surface area contributed by atoms with E-state index in [0.717, 1.165) is 18.4 Å². The highest BCUT2D eigenvalue weighted by molar-refractivity contribution is 7.88. The number of rotatable bonds is 11. The van der Waals surface area contributed by atoms with E-state index >= 15 is 0 Å². The van der Waals surface area contributed by atoms with Gasteiger partial charge >= 0.3 is 6.09 Å². The van der Waals surface area contributed by atoms with Crippen molar-refractivity contribution >= 4 is 39.1 Å². The minimum atomic E-state index is -3.29. The van der Waals surface area contributed by atoms with Gasteiger partial charge in [-0.05, 0) is 49.4 Å². The summed E-state index contributed by atoms with van der Waals surface area (Å²) in [5, 5.41) is 0. The van der Waals surface area contributed by atoms with Gasteiger partial charge in [-0.3, -0.25) is 14.5 Å². The first-order valence-corrected chi connectivity index (χ1v) is 14.0. The fourth-order valence-electron chi connectivity index (χ4n) is 4.33. The molecule has 0 radical (unpaired) electrons. The van der Waals surface area contributed by atoms with Crippen LogP contribution < -0.4 is 14.5 Å². The summed E-state index contributed by atoms with van der Waals surface area (Å²) >= 11 is 0. The van der Waals surface area contributed by atoms with E-state index in [1.807, 2.05) is 45.6 Å². The summed E-state index contributed by atoms with van der Waals surface area (Å²) in [5.74, 6) is -0.576. The van der Waals surface area contributed by atoms with Crippen LogP contribution >= 0.6 is 0 Å². The first-order chi connectivity index (χ1) is 16.3. The molecule has 0 bridgehead atoms. The number of hydrogen-bond acceptors (Lipinski definition) is 7. The van der Waals surface area contributed by atoms with Crippen molar-refractivity contribution in [2.75, 3.05) is 42.3 Å². The number of ketones is 2. The molecular formula is C25H39N3O6S. The Bertz CT molecular complexity index is 1020. The lowest BCUT2D eigenvalue weighted by Gasteiger charge is -2.38. The first-order valence-electron chi connectivity index (χ1n) is 12.1. The SMILES string of the molecule is CCCCOC(=O)N(c1ccc(N(CC)CCNS(C)(=O)=O)cc1C)C1C(=O)CC(C)(C)CC1=O. The number of unbranched alkanes of at least 4 members (excludes halogenated alkanes) is 1. The third-order valence-corrected chi connectivity index (χ3v) is 6.76. The lowest BCUT2D eigenvalue weighted by atomic mass is 9.73. The Hall–Kier alpha value is -2.46. The number of anilines is 2. The lowest BCUT2D eigenvalue weighted by Crippen LogP contribution is -2.55. The van der Waals surface area contributed by atoms with Gasteiger partial charge in [0.05, 0.1) is 18.6 Å². The largest absolute Gasteiger partial charge is 0.449 e. The molecule has 10 heteroatoms. The number of amides is 1. The number of hydrogen-bond donors (Lipinski definition) is 1. The summed E-state index contributed by atoms with van der Waals surface area (Å²) in [5.41, 5.74) is 1.55. The molecule has 1 aliphatic rings. The topological polar surface area (TPSA) is 113 Å². The van der Waals surface area contributed by atoms with Gasteiger partial charge < -0.3 is 9.64 Å². The molecule has 1 aromatic rings. The molecule has 0 unspecified atom stereocenters. The maximum Gasteiger partial charge on any atom is 0.415 e. The van der Waals surface area contributed by atoms with Crippen molar-refractivity contribution in [2.24, 2.45) is 5.41 Å². The minimum absolute atomic E-state index is 0.205. The van der Waals surface area contributed by atoms with Crippen molar-refractivity contribution in [3.8, 4) is 0 Å². The molecule has 35 heavy (non-hydrogen) atoms. The standard InChI is InChI=1S/C25H39N3O6S/c1-7-9-14-34-24(31)28(23-21(29)16-25(4,5)17-22(23)30)20-11-10-19(15-18(20)3)27(8-2)13-12-26-35(6,32)33/h10-11,15,23,26H,7-9,12-14,16-17H2,1-6H3. The Morgan fingerprint density at radius 1 is 1.17 bits per heavy atom. The molecule has 1 aromatic carbocycles. The number of benzene rings is 1. The number of nitrogens with zero attached hydrogens (tertiary/aromatic N) is 2. The van der Waals surface area contributed by atoms with Crippen molar-refractivity contribution < 1.29 is 27.5 Å². The average Bonchev–Trinajstić information content (AvgIpc) is 2.73. The predicted octanol–water partition coefficient (Wildman–Crippen LogP) is 3.44. The van der Waals surface area contributed by atoms with Gasteiger partial charge in [-0.2, -0.15) is 0 Å². The number of aryl methyl sites for hydroxylation is 1. The number of nitrogens with one attached hydrogen (secondary N) is 1. The third-order valence-electron chi connectivity index (χ3n) is 6.03. The van der Waals surface area contributed by atoms with Gasteiger partial charge in [0.25, 0.3) is 0 Å². The van der Waals surface area contributed by atoms with E-state index in [-0.39, 0.29) is 37.6 Å². The van der Waals surface area contributed by atoms with Crippen molar-refractivity contribution in [2.45, 2.75) is 66.3 Å². The maximum absolute atomic E-state index is 13.2. The average molecular weight is 510 g/mol. The van der Waals surface area contributed by atoms with Crippen LogP contribution in [0.4, 0.5) is 16.2 Å². The predicted molar refractivity (Wildman–Crippen MR) is 137 cm³/mol. The van der Waals surface area contributed by atoms with Crippen molar-refractivity contribution in [3.63, 3.8) is 0 Å². The summed E-state index contributed by atoms with van der Waals surface area (Å²) in [6.45, 7) is 11.1. The van der Waals surface area contributed by atoms with Crippen LogP contribution in [0.5, 0.6) is 0 Å². The highest BCUT2D eigenvalue weighted by Crippen LogP contribution is 2.36. The maximum atomic E-state index is 13.2. The zero-order chi connectivity index (χ0) is 26.4. The van der Waals surface area contributed by atoms with E-state index in [4.69, 9.17) is 4.74 Å². The van der Waals surface area contributed by atoms with E-state index < -0.39 is 27.6 Å². The summed E-state index contributed by atoms with van der Waals surface area (Å²) in [7, 11) is -3.29. The van der Waals surface area contributed by atoms with Gasteiger partial charge in [-0.25, -0.2) is 17.9 Å². The normalized spacial score (nSPS) is 16.3. The molecule has 0 atom stereocenters. The molecule has 0 aliphatic heterocycles. The van der Waals surface area contributed by atoms with Crippen molar-refractivity contribution in [1.82, 2.24) is 4.72 Å². The van der Waals surface area contributed by atoms with Gasteiger partial charge in [0, 0.05) is 38.2 Å². The number of carbonyl (C=O) groups is 3. The molecule has 0 saturated heterocycles. The fourth-order valence-corrected chi connectivity index (χ4v) is 4.79. The number of carbonyl (C=O) groups excluding carboxylic acids is 3. The number of ether oxygens (including phenoxy) is 1. The molecule has 0 spiro atoms. The molecular weight excluding hydrogens is 470 g/mol. The molecule has 1 fully saturated rings. The molecule has 2 rings (SSSR count). The Balaban J connectivity index is 2.38. The monoisotopic (exact) mass is 509 g/mol. The smallest absolute Gasteiger partial charge is 0.415 e. The minimum Gasteiger partial charge on any atom is -0.449 e. The van der Waals surface area contributed by atoms with Crippen LogP contribution in [0.1, 0.15) is 58.9 Å². The first kappa shape index (κ1) is 28.8. The zero-order valence-corrected chi connectivity index (χ0v) is 22.5. The zero-order valence-electron chi connectivity index (χ0n) is 21.7. The second-order valence-corrected chi connectivity index (χ2v) is 11.7. The van der Waals surface area contributed by atoms with Crippen LogP contribution in [-0.2, 0) is 24.3 Å². The van der Waals surface area contributed by atoms with Gasteiger partial charge in [0.15, 0.2) is 17.6 Å². The van der Waals surface area contributed by atoms with Gasteiger partial charge in [0.2, 0.25) is 10.0 Å². The Morgan fingerprint density at radius 2 is 1.80 bits per heavy atom. The summed E-state index contributed by atoms with van der Waals surface area (Å²) in [6, 6.07) is 4.19. The van der Waals surface area contributed by atoms with E-state index in [0.29, 0.717) is 30.8 Å². The Kier molecular flexibility index (Phi) is 9.85. The van der Waals surface area contributed by atoms with Gasteiger partial charge in [0.1, 0.15) is 0 Å². The summed E-state index contributed by atoms with van der Waals surface area (Å²) < 4.78 is 30.7. The van der Waals surface area contributed by atoms with E-state index in [1.54, 1.807) is 12.1 Å². The second kappa shape index (κ2) is 12.0. The van der Waals surface area contributed by atoms with Gasteiger partial charge in [-0.15, -0.1) is 0 Å². The number of likely N-dealkylation sites (N-methyl/N-ethyl adjacent to an activating group) is 1. The molecule has 9 nitrogen and oxygen atoms in total. The fraction of sp³-hybridized carbons (Fsp3) is 0.640. The molecule has 0 heterocycles. The summed E-state index contributed by atoms with van der Waals surface area (Å²) in [4.78, 5) is 42.5. The van der Waals surface area contributed by atoms with E-state index in [2.05, 4.69) is 4.72 Å². The molecule has 1 amide bonds. The number of sulfonamides is 1. The number of Topliss-reactive ketones (excluding diaryl/α,β-unsaturated/α-hetero) is 2. The molecule has 1 N–H and O–H groups in total. The Morgan fingerprint density at radius 3 is 2.31 bits per heavy atom. The van der Waals surface area contributed by atoms with Crippen LogP contribution in [0, 0.1) is 12.3 Å². The van der Waals surface area contributed by atoms with Crippen molar-refractivity contribution in [3.05, 3.63) is 23.8 Å². The third kappa shape index (κ3) is 8.03. The molecule has 1 saturated carbocycles. The quantitative estimate of drug-likeness (QED) is 0.359. The highest BCUT2D eigenvalue weighted by atomic mass is 32.2. The van der Waals surface area contributed by atoms with Crippen LogP contribution in [0.15, 0.2) is 18.2 Å². The molecule has 196 valence electrons. The lowest BCUT2D eigenvalue weighted by molar-refractivity contribution is -0.135. The van der Waals surface area contributed by atoms with Gasteiger partial charge in [-0.1, -0.05) is 27.2 Å². The second-order valence-electron chi connectivity index (χ2n) is 9.91. The molecule has 0 aromatic heterocycles. The highest BCUT2D eigenvalue weighted by Gasteiger charge is 2.45. The molecule has 1 aliphatic carbocycles. The Labute approximate surface area is 209 Å².